The van der Waals surface area contributed by atoms with Crippen LogP contribution in [0.1, 0.15) is 19.0 Å². The van der Waals surface area contributed by atoms with Crippen molar-refractivity contribution in [1.82, 2.24) is 20.3 Å². The molecule has 0 aliphatic heterocycles. The van der Waals surface area contributed by atoms with Crippen molar-refractivity contribution in [2.45, 2.75) is 19.9 Å². The van der Waals surface area contributed by atoms with Gasteiger partial charge < -0.3 is 5.32 Å². The molecule has 1 aromatic carbocycles. The standard InChI is InChI=1S/C12H15ClN4/c1-2-7-14-8-11-9-15-17(16-11)12-5-3-10(13)4-6-12/h3-6,9,14H,2,7-8H2,1H3. The minimum atomic E-state index is 0.714. The maximum absolute atomic E-state index is 5.83. The van der Waals surface area contributed by atoms with Gasteiger partial charge in [-0.25, -0.2) is 0 Å². The SMILES string of the molecule is CCCNCc1cnn(-c2ccc(Cl)cc2)n1. The smallest absolute Gasteiger partial charge is 0.0969 e. The summed E-state index contributed by atoms with van der Waals surface area (Å²) in [6.45, 7) is 3.88. The van der Waals surface area contributed by atoms with Crippen LogP contribution in [0, 0.1) is 0 Å². The van der Waals surface area contributed by atoms with Crippen molar-refractivity contribution < 1.29 is 0 Å². The molecule has 5 heteroatoms. The average molecular weight is 251 g/mol. The third-order valence-electron chi connectivity index (χ3n) is 2.33. The predicted molar refractivity (Wildman–Crippen MR) is 68.4 cm³/mol. The van der Waals surface area contributed by atoms with E-state index in [-0.39, 0.29) is 0 Å². The molecule has 0 aliphatic rings. The van der Waals surface area contributed by atoms with E-state index in [1.165, 1.54) is 0 Å². The summed E-state index contributed by atoms with van der Waals surface area (Å²) < 4.78 is 0. The van der Waals surface area contributed by atoms with Crippen LogP contribution < -0.4 is 5.32 Å². The van der Waals surface area contributed by atoms with Gasteiger partial charge >= 0.3 is 0 Å². The van der Waals surface area contributed by atoms with Crippen molar-refractivity contribution >= 4 is 11.6 Å². The maximum Gasteiger partial charge on any atom is 0.0969 e. The van der Waals surface area contributed by atoms with Gasteiger partial charge in [0.25, 0.3) is 0 Å². The molecule has 0 saturated carbocycles. The summed E-state index contributed by atoms with van der Waals surface area (Å²) in [6, 6.07) is 7.45. The third-order valence-corrected chi connectivity index (χ3v) is 2.58. The minimum Gasteiger partial charge on any atom is -0.311 e. The molecule has 90 valence electrons. The highest BCUT2D eigenvalue weighted by Gasteiger charge is 2.02. The van der Waals surface area contributed by atoms with Crippen LogP contribution in [0.25, 0.3) is 5.69 Å². The first kappa shape index (κ1) is 12.1. The Morgan fingerprint density at radius 3 is 2.76 bits per heavy atom. The number of halogens is 1. The molecule has 0 aliphatic carbocycles. The molecule has 1 heterocycles. The number of aromatic nitrogens is 3. The average Bonchev–Trinajstić information content (AvgIpc) is 2.79. The molecule has 2 rings (SSSR count). The quantitative estimate of drug-likeness (QED) is 0.829. The summed E-state index contributed by atoms with van der Waals surface area (Å²) in [5, 5.41) is 12.6. The number of nitrogens with one attached hydrogen (secondary N) is 1. The summed E-state index contributed by atoms with van der Waals surface area (Å²) in [5.74, 6) is 0. The molecule has 0 bridgehead atoms. The fourth-order valence-electron chi connectivity index (χ4n) is 1.47. The van der Waals surface area contributed by atoms with E-state index in [1.807, 2.05) is 24.3 Å². The Kier molecular flexibility index (Phi) is 4.12. The van der Waals surface area contributed by atoms with E-state index in [0.29, 0.717) is 5.02 Å². The number of rotatable bonds is 5. The van der Waals surface area contributed by atoms with Crippen LogP contribution >= 0.6 is 11.6 Å². The van der Waals surface area contributed by atoms with Crippen molar-refractivity contribution in [3.8, 4) is 5.69 Å². The highest BCUT2D eigenvalue weighted by molar-refractivity contribution is 6.30. The van der Waals surface area contributed by atoms with Crippen molar-refractivity contribution in [3.05, 3.63) is 41.2 Å². The first-order valence-corrected chi connectivity index (χ1v) is 6.05. The van der Waals surface area contributed by atoms with Gasteiger partial charge in [-0.05, 0) is 37.2 Å². The van der Waals surface area contributed by atoms with Crippen LogP contribution in [0.2, 0.25) is 5.02 Å². The molecular formula is C12H15ClN4. The van der Waals surface area contributed by atoms with Gasteiger partial charge in [-0.3, -0.25) is 0 Å². The first-order chi connectivity index (χ1) is 8.29. The fourth-order valence-corrected chi connectivity index (χ4v) is 1.59. The second kappa shape index (κ2) is 5.80. The van der Waals surface area contributed by atoms with Crippen LogP contribution in [0.5, 0.6) is 0 Å². The molecule has 0 fully saturated rings. The first-order valence-electron chi connectivity index (χ1n) is 5.67. The number of hydrogen-bond donors (Lipinski definition) is 1. The zero-order chi connectivity index (χ0) is 12.1. The van der Waals surface area contributed by atoms with Gasteiger partial charge in [0.2, 0.25) is 0 Å². The number of benzene rings is 1. The van der Waals surface area contributed by atoms with Crippen molar-refractivity contribution in [1.29, 1.82) is 0 Å². The second-order valence-corrected chi connectivity index (χ2v) is 4.21. The molecule has 4 nitrogen and oxygen atoms in total. The molecule has 1 aromatic heterocycles. The molecule has 0 unspecified atom stereocenters. The monoisotopic (exact) mass is 250 g/mol. The normalized spacial score (nSPS) is 10.7. The van der Waals surface area contributed by atoms with Crippen LogP contribution in [-0.2, 0) is 6.54 Å². The highest BCUT2D eigenvalue weighted by atomic mass is 35.5. The topological polar surface area (TPSA) is 42.7 Å². The largest absolute Gasteiger partial charge is 0.311 e. The van der Waals surface area contributed by atoms with E-state index in [2.05, 4.69) is 22.4 Å². The molecule has 0 radical (unpaired) electrons. The number of hydrogen-bond acceptors (Lipinski definition) is 3. The van der Waals surface area contributed by atoms with E-state index in [9.17, 15) is 0 Å². The van der Waals surface area contributed by atoms with Crippen molar-refractivity contribution in [2.24, 2.45) is 0 Å². The van der Waals surface area contributed by atoms with Crippen LogP contribution in [0.3, 0.4) is 0 Å². The lowest BCUT2D eigenvalue weighted by Gasteiger charge is -2.00. The zero-order valence-electron chi connectivity index (χ0n) is 9.73. The van der Waals surface area contributed by atoms with Gasteiger partial charge in [0, 0.05) is 11.6 Å². The summed E-state index contributed by atoms with van der Waals surface area (Å²) >= 11 is 5.83. The Hall–Kier alpha value is -1.39. The Labute approximate surface area is 106 Å². The van der Waals surface area contributed by atoms with E-state index < -0.39 is 0 Å². The summed E-state index contributed by atoms with van der Waals surface area (Å²) in [5.41, 5.74) is 1.85. The minimum absolute atomic E-state index is 0.714. The molecule has 0 atom stereocenters. The molecule has 17 heavy (non-hydrogen) atoms. The van der Waals surface area contributed by atoms with Crippen molar-refractivity contribution in [2.75, 3.05) is 6.54 Å². The van der Waals surface area contributed by atoms with Crippen LogP contribution in [-0.4, -0.2) is 21.5 Å². The molecular weight excluding hydrogens is 236 g/mol. The lowest BCUT2D eigenvalue weighted by Crippen LogP contribution is -2.14. The van der Waals surface area contributed by atoms with Crippen LogP contribution in [0.15, 0.2) is 30.5 Å². The van der Waals surface area contributed by atoms with E-state index >= 15 is 0 Å². The predicted octanol–water partition coefficient (Wildman–Crippen LogP) is 2.42. The molecule has 0 saturated heterocycles. The summed E-state index contributed by atoms with van der Waals surface area (Å²) in [6.07, 6.45) is 2.89. The van der Waals surface area contributed by atoms with Gasteiger partial charge in [-0.15, -0.1) is 0 Å². The van der Waals surface area contributed by atoms with E-state index in [0.717, 1.165) is 30.9 Å². The second-order valence-electron chi connectivity index (χ2n) is 3.78. The van der Waals surface area contributed by atoms with Gasteiger partial charge in [-0.2, -0.15) is 15.0 Å². The van der Waals surface area contributed by atoms with Crippen LogP contribution in [0.4, 0.5) is 0 Å². The third kappa shape index (κ3) is 3.28. The van der Waals surface area contributed by atoms with Gasteiger partial charge in [0.05, 0.1) is 17.6 Å². The molecule has 2 aromatic rings. The summed E-state index contributed by atoms with van der Waals surface area (Å²) in [7, 11) is 0. The van der Waals surface area contributed by atoms with E-state index in [1.54, 1.807) is 11.0 Å². The van der Waals surface area contributed by atoms with Crippen molar-refractivity contribution in [3.63, 3.8) is 0 Å². The van der Waals surface area contributed by atoms with E-state index in [4.69, 9.17) is 11.6 Å². The summed E-state index contributed by atoms with van der Waals surface area (Å²) in [4.78, 5) is 1.61. The lowest BCUT2D eigenvalue weighted by molar-refractivity contribution is 0.651. The molecule has 1 N–H and O–H groups in total. The Balaban J connectivity index is 2.04. The fraction of sp³-hybridized carbons (Fsp3) is 0.333. The van der Waals surface area contributed by atoms with Gasteiger partial charge in [0.1, 0.15) is 0 Å². The Morgan fingerprint density at radius 2 is 2.06 bits per heavy atom. The number of nitrogens with zero attached hydrogens (tertiary/aromatic N) is 3. The van der Waals surface area contributed by atoms with Gasteiger partial charge in [-0.1, -0.05) is 18.5 Å². The Morgan fingerprint density at radius 1 is 1.29 bits per heavy atom. The lowest BCUT2D eigenvalue weighted by atomic mass is 10.3. The molecule has 0 spiro atoms. The molecule has 0 amide bonds. The maximum atomic E-state index is 5.83. The van der Waals surface area contributed by atoms with Gasteiger partial charge in [0.15, 0.2) is 0 Å². The zero-order valence-corrected chi connectivity index (χ0v) is 10.5. The highest BCUT2D eigenvalue weighted by Crippen LogP contribution is 2.11. The Bertz CT molecular complexity index is 464.